The highest BCUT2D eigenvalue weighted by Gasteiger charge is 2.40. The molecule has 2 atom stereocenters. The largest absolute Gasteiger partial charge is 0.301 e. The van der Waals surface area contributed by atoms with Crippen molar-refractivity contribution in [2.24, 2.45) is 0 Å². The van der Waals surface area contributed by atoms with Crippen molar-refractivity contribution >= 4 is 34.7 Å². The van der Waals surface area contributed by atoms with Gasteiger partial charge in [0.05, 0.1) is 16.3 Å². The van der Waals surface area contributed by atoms with Crippen LogP contribution in [-0.2, 0) is 12.0 Å². The highest BCUT2D eigenvalue weighted by molar-refractivity contribution is 8.00. The third kappa shape index (κ3) is 5.02. The van der Waals surface area contributed by atoms with E-state index in [2.05, 4.69) is 40.3 Å². The maximum atomic E-state index is 13.7. The van der Waals surface area contributed by atoms with Gasteiger partial charge in [0.1, 0.15) is 5.82 Å². The number of rotatable bonds is 6. The van der Waals surface area contributed by atoms with Crippen LogP contribution in [0.15, 0.2) is 88.5 Å². The summed E-state index contributed by atoms with van der Waals surface area (Å²) in [6.45, 7) is 0.863. The van der Waals surface area contributed by atoms with E-state index in [1.807, 2.05) is 42.1 Å². The van der Waals surface area contributed by atoms with Gasteiger partial charge < -0.3 is 5.32 Å². The lowest BCUT2D eigenvalue weighted by atomic mass is 9.80. The van der Waals surface area contributed by atoms with Crippen LogP contribution in [-0.4, -0.2) is 16.8 Å². The number of hydrogen-bond donors (Lipinski definition) is 1. The standard InChI is InChI=1S/C27H24ClFN2S2/c28-24-8-1-2-9-25(24)33-23-11-13-27(30-17-23,20-12-14-32-18-20)26-10-4-7-22(31-26)16-19-5-3-6-21(29)15-19/h1-10,12,14-15,18,23,30H,11,13,16-17H2. The molecule has 168 valence electrons. The second kappa shape index (κ2) is 9.98. The SMILES string of the molecule is Fc1cccc(Cc2cccc(C3(c4ccsc4)CCC(Sc4ccccc4Cl)CN3)n2)c1. The second-order valence-electron chi connectivity index (χ2n) is 8.33. The Morgan fingerprint density at radius 3 is 2.73 bits per heavy atom. The molecule has 2 unspecified atom stereocenters. The van der Waals surface area contributed by atoms with E-state index in [4.69, 9.17) is 16.6 Å². The van der Waals surface area contributed by atoms with Gasteiger partial charge in [0.15, 0.2) is 0 Å². The number of piperidine rings is 1. The topological polar surface area (TPSA) is 24.9 Å². The molecule has 2 aromatic carbocycles. The van der Waals surface area contributed by atoms with Gasteiger partial charge in [-0.2, -0.15) is 11.3 Å². The van der Waals surface area contributed by atoms with E-state index in [1.54, 1.807) is 23.5 Å². The van der Waals surface area contributed by atoms with Crippen molar-refractivity contribution in [2.45, 2.75) is 34.9 Å². The maximum absolute atomic E-state index is 13.7. The van der Waals surface area contributed by atoms with Gasteiger partial charge in [-0.25, -0.2) is 4.39 Å². The fourth-order valence-electron chi connectivity index (χ4n) is 4.47. The van der Waals surface area contributed by atoms with Crippen molar-refractivity contribution in [3.63, 3.8) is 0 Å². The number of nitrogens with one attached hydrogen (secondary N) is 1. The number of nitrogens with zero attached hydrogens (tertiary/aromatic N) is 1. The predicted octanol–water partition coefficient (Wildman–Crippen LogP) is 7.31. The molecule has 0 bridgehead atoms. The minimum absolute atomic E-state index is 0.214. The first-order valence-electron chi connectivity index (χ1n) is 11.0. The zero-order chi connectivity index (χ0) is 22.7. The summed E-state index contributed by atoms with van der Waals surface area (Å²) in [6.07, 6.45) is 2.60. The molecule has 0 spiro atoms. The molecule has 2 nitrogen and oxygen atoms in total. The Morgan fingerprint density at radius 2 is 1.97 bits per heavy atom. The van der Waals surface area contributed by atoms with Crippen LogP contribution in [0.25, 0.3) is 0 Å². The summed E-state index contributed by atoms with van der Waals surface area (Å²) in [5.41, 5.74) is 3.83. The first-order valence-corrected chi connectivity index (χ1v) is 13.2. The molecular weight excluding hydrogens is 471 g/mol. The summed E-state index contributed by atoms with van der Waals surface area (Å²) in [5, 5.41) is 9.45. The molecular formula is C27H24ClFN2S2. The van der Waals surface area contributed by atoms with E-state index < -0.39 is 0 Å². The molecule has 0 radical (unpaired) electrons. The summed E-state index contributed by atoms with van der Waals surface area (Å²) in [4.78, 5) is 6.19. The van der Waals surface area contributed by atoms with Gasteiger partial charge in [0, 0.05) is 28.8 Å². The first kappa shape index (κ1) is 22.6. The molecule has 1 aliphatic rings. The van der Waals surface area contributed by atoms with E-state index in [1.165, 1.54) is 11.6 Å². The van der Waals surface area contributed by atoms with Crippen molar-refractivity contribution < 1.29 is 4.39 Å². The van der Waals surface area contributed by atoms with Crippen LogP contribution in [0.2, 0.25) is 5.02 Å². The lowest BCUT2D eigenvalue weighted by Crippen LogP contribution is -2.50. The monoisotopic (exact) mass is 494 g/mol. The Kier molecular flexibility index (Phi) is 6.84. The average molecular weight is 495 g/mol. The number of halogens is 2. The quantitative estimate of drug-likeness (QED) is 0.304. The fraction of sp³-hybridized carbons (Fsp3) is 0.222. The minimum Gasteiger partial charge on any atom is -0.301 e. The second-order valence-corrected chi connectivity index (χ2v) is 10.9. The van der Waals surface area contributed by atoms with E-state index in [-0.39, 0.29) is 11.4 Å². The Morgan fingerprint density at radius 1 is 1.09 bits per heavy atom. The first-order chi connectivity index (χ1) is 16.1. The van der Waals surface area contributed by atoms with E-state index >= 15 is 0 Å². The van der Waals surface area contributed by atoms with Crippen molar-refractivity contribution in [1.29, 1.82) is 0 Å². The van der Waals surface area contributed by atoms with E-state index in [9.17, 15) is 4.39 Å². The van der Waals surface area contributed by atoms with Crippen LogP contribution < -0.4 is 5.32 Å². The predicted molar refractivity (Wildman–Crippen MR) is 137 cm³/mol. The average Bonchev–Trinajstić information content (AvgIpc) is 3.37. The van der Waals surface area contributed by atoms with Gasteiger partial charge in [-0.05, 0) is 77.2 Å². The summed E-state index contributed by atoms with van der Waals surface area (Å²) >= 11 is 9.95. The van der Waals surface area contributed by atoms with Crippen molar-refractivity contribution in [3.05, 3.63) is 117 Å². The molecule has 1 aliphatic heterocycles. The van der Waals surface area contributed by atoms with Crippen LogP contribution in [0.5, 0.6) is 0 Å². The van der Waals surface area contributed by atoms with Crippen LogP contribution in [0, 0.1) is 5.82 Å². The molecule has 0 aliphatic carbocycles. The third-order valence-corrected chi connectivity index (χ3v) is 8.61. The number of hydrogen-bond acceptors (Lipinski definition) is 4. The van der Waals surface area contributed by atoms with Gasteiger partial charge in [0.2, 0.25) is 0 Å². The molecule has 33 heavy (non-hydrogen) atoms. The maximum Gasteiger partial charge on any atom is 0.123 e. The van der Waals surface area contributed by atoms with Crippen LogP contribution in [0.1, 0.15) is 35.4 Å². The van der Waals surface area contributed by atoms with E-state index in [0.717, 1.165) is 46.3 Å². The normalized spacial score (nSPS) is 20.6. The van der Waals surface area contributed by atoms with Crippen molar-refractivity contribution in [2.75, 3.05) is 6.54 Å². The Labute approximate surface area is 207 Å². The zero-order valence-electron chi connectivity index (χ0n) is 18.0. The number of thioether (sulfide) groups is 1. The zero-order valence-corrected chi connectivity index (χ0v) is 20.4. The number of benzene rings is 2. The molecule has 4 aromatic rings. The highest BCUT2D eigenvalue weighted by atomic mass is 35.5. The van der Waals surface area contributed by atoms with Crippen LogP contribution in [0.4, 0.5) is 4.39 Å². The molecule has 1 saturated heterocycles. The van der Waals surface area contributed by atoms with Gasteiger partial charge >= 0.3 is 0 Å². The summed E-state index contributed by atoms with van der Waals surface area (Å²) in [7, 11) is 0. The molecule has 5 rings (SSSR count). The van der Waals surface area contributed by atoms with Crippen molar-refractivity contribution in [1.82, 2.24) is 10.3 Å². The number of thiophene rings is 1. The summed E-state index contributed by atoms with van der Waals surface area (Å²) in [5.74, 6) is -0.214. The molecule has 1 N–H and O–H groups in total. The van der Waals surface area contributed by atoms with Crippen molar-refractivity contribution in [3.8, 4) is 0 Å². The smallest absolute Gasteiger partial charge is 0.123 e. The minimum atomic E-state index is -0.324. The van der Waals surface area contributed by atoms with E-state index in [0.29, 0.717) is 11.7 Å². The van der Waals surface area contributed by atoms with Gasteiger partial charge in [-0.15, -0.1) is 11.8 Å². The van der Waals surface area contributed by atoms with Crippen LogP contribution in [0.3, 0.4) is 0 Å². The molecule has 2 aromatic heterocycles. The van der Waals surface area contributed by atoms with Crippen LogP contribution >= 0.6 is 34.7 Å². The number of pyridine rings is 1. The molecule has 1 fully saturated rings. The lowest BCUT2D eigenvalue weighted by Gasteiger charge is -2.41. The Bertz CT molecular complexity index is 1220. The van der Waals surface area contributed by atoms with Gasteiger partial charge in [-0.3, -0.25) is 4.98 Å². The third-order valence-electron chi connectivity index (χ3n) is 6.14. The molecule has 3 heterocycles. The molecule has 0 saturated carbocycles. The lowest BCUT2D eigenvalue weighted by molar-refractivity contribution is 0.309. The Balaban J connectivity index is 1.40. The Hall–Kier alpha value is -2.18. The number of aromatic nitrogens is 1. The summed E-state index contributed by atoms with van der Waals surface area (Å²) in [6, 6.07) is 23.2. The molecule has 0 amide bonds. The highest BCUT2D eigenvalue weighted by Crippen LogP contribution is 2.41. The fourth-order valence-corrected chi connectivity index (χ4v) is 6.57. The molecule has 6 heteroatoms. The van der Waals surface area contributed by atoms with Gasteiger partial charge in [0.25, 0.3) is 0 Å². The summed E-state index contributed by atoms with van der Waals surface area (Å²) < 4.78 is 13.7. The van der Waals surface area contributed by atoms with Gasteiger partial charge in [-0.1, -0.05) is 41.9 Å².